The zero-order valence-electron chi connectivity index (χ0n) is 13.7. The van der Waals surface area contributed by atoms with Gasteiger partial charge in [-0.2, -0.15) is 5.10 Å². The quantitative estimate of drug-likeness (QED) is 0.842. The Hall–Kier alpha value is -2.57. The van der Waals surface area contributed by atoms with E-state index in [9.17, 15) is 9.59 Å². The highest BCUT2D eigenvalue weighted by Crippen LogP contribution is 2.15. The Morgan fingerprint density at radius 3 is 2.74 bits per heavy atom. The summed E-state index contributed by atoms with van der Waals surface area (Å²) < 4.78 is 9.95. The van der Waals surface area contributed by atoms with Crippen molar-refractivity contribution in [2.45, 2.75) is 38.8 Å². The van der Waals surface area contributed by atoms with Crippen molar-refractivity contribution in [1.82, 2.24) is 15.5 Å². The Bertz CT molecular complexity index is 703. The highest BCUT2D eigenvalue weighted by molar-refractivity contribution is 5.82. The van der Waals surface area contributed by atoms with Crippen LogP contribution in [-0.4, -0.2) is 41.0 Å². The molecule has 2 rings (SSSR count). The lowest BCUT2D eigenvalue weighted by molar-refractivity contribution is -0.143. The van der Waals surface area contributed by atoms with Gasteiger partial charge in [0.15, 0.2) is 0 Å². The number of amides is 1. The summed E-state index contributed by atoms with van der Waals surface area (Å²) in [5.41, 5.74) is 1.15. The van der Waals surface area contributed by atoms with Crippen LogP contribution in [0.4, 0.5) is 4.79 Å². The molecule has 1 atom stereocenters. The molecule has 1 amide bonds. The molecule has 23 heavy (non-hydrogen) atoms. The van der Waals surface area contributed by atoms with Crippen LogP contribution in [0.2, 0.25) is 0 Å². The van der Waals surface area contributed by atoms with Gasteiger partial charge in [-0.3, -0.25) is 5.10 Å². The number of nitrogens with one attached hydrogen (secondary N) is 2. The molecule has 0 radical (unpaired) electrons. The number of nitrogens with zero attached hydrogens (tertiary/aromatic N) is 1. The molecule has 2 aromatic rings. The summed E-state index contributed by atoms with van der Waals surface area (Å²) in [5, 5.41) is 10.3. The number of esters is 1. The number of H-pyrrole nitrogens is 1. The van der Waals surface area contributed by atoms with Gasteiger partial charge in [0.1, 0.15) is 11.6 Å². The van der Waals surface area contributed by atoms with E-state index in [1.165, 1.54) is 7.11 Å². The number of carbonyl (C=O) groups is 2. The first-order valence-corrected chi connectivity index (χ1v) is 7.28. The molecule has 0 spiro atoms. The van der Waals surface area contributed by atoms with E-state index < -0.39 is 23.7 Å². The van der Waals surface area contributed by atoms with Crippen LogP contribution in [0.15, 0.2) is 24.4 Å². The number of alkyl carbamates (subject to hydrolysis) is 1. The van der Waals surface area contributed by atoms with Crippen LogP contribution in [0.3, 0.4) is 0 Å². The van der Waals surface area contributed by atoms with Gasteiger partial charge in [0, 0.05) is 11.8 Å². The van der Waals surface area contributed by atoms with E-state index in [-0.39, 0.29) is 0 Å². The van der Waals surface area contributed by atoms with E-state index in [4.69, 9.17) is 9.47 Å². The van der Waals surface area contributed by atoms with Crippen molar-refractivity contribution in [3.05, 3.63) is 30.0 Å². The number of methoxy groups -OCH3 is 1. The van der Waals surface area contributed by atoms with Crippen molar-refractivity contribution in [2.24, 2.45) is 0 Å². The fraction of sp³-hybridized carbons (Fsp3) is 0.438. The number of aromatic amines is 1. The van der Waals surface area contributed by atoms with Gasteiger partial charge in [0.2, 0.25) is 0 Å². The molecule has 0 aliphatic heterocycles. The standard InChI is InChI=1S/C16H21N3O4/c1-16(2,3)23-15(21)18-13(14(20)22-4)8-10-5-6-12-11(7-10)9-17-19-12/h5-7,9,13H,8H2,1-4H3,(H,17,19)(H,18,21). The number of carbonyl (C=O) groups excluding carboxylic acids is 2. The molecule has 0 fully saturated rings. The summed E-state index contributed by atoms with van der Waals surface area (Å²) in [6.45, 7) is 5.27. The Labute approximate surface area is 134 Å². The van der Waals surface area contributed by atoms with Crippen LogP contribution >= 0.6 is 0 Å². The van der Waals surface area contributed by atoms with E-state index >= 15 is 0 Å². The summed E-state index contributed by atoms with van der Waals surface area (Å²) >= 11 is 0. The van der Waals surface area contributed by atoms with E-state index in [0.29, 0.717) is 6.42 Å². The van der Waals surface area contributed by atoms with Crippen LogP contribution in [0.1, 0.15) is 26.3 Å². The molecule has 0 aliphatic carbocycles. The van der Waals surface area contributed by atoms with Gasteiger partial charge in [0.25, 0.3) is 0 Å². The zero-order valence-corrected chi connectivity index (χ0v) is 13.7. The normalized spacial score (nSPS) is 12.7. The first-order valence-electron chi connectivity index (χ1n) is 7.28. The van der Waals surface area contributed by atoms with Gasteiger partial charge >= 0.3 is 12.1 Å². The predicted octanol–water partition coefficient (Wildman–Crippen LogP) is 2.17. The van der Waals surface area contributed by atoms with Crippen molar-refractivity contribution < 1.29 is 19.1 Å². The topological polar surface area (TPSA) is 93.3 Å². The summed E-state index contributed by atoms with van der Waals surface area (Å²) in [6.07, 6.45) is 1.35. The predicted molar refractivity (Wildman–Crippen MR) is 85.0 cm³/mol. The molecular formula is C16H21N3O4. The fourth-order valence-electron chi connectivity index (χ4n) is 2.14. The van der Waals surface area contributed by atoms with E-state index in [1.54, 1.807) is 27.0 Å². The number of ether oxygens (including phenoxy) is 2. The van der Waals surface area contributed by atoms with Crippen molar-refractivity contribution in [2.75, 3.05) is 7.11 Å². The minimum atomic E-state index is -0.820. The molecule has 2 N–H and O–H groups in total. The first kappa shape index (κ1) is 16.8. The van der Waals surface area contributed by atoms with E-state index in [2.05, 4.69) is 15.5 Å². The van der Waals surface area contributed by atoms with Crippen LogP contribution in [0.25, 0.3) is 10.9 Å². The monoisotopic (exact) mass is 319 g/mol. The number of benzene rings is 1. The third-order valence-electron chi connectivity index (χ3n) is 3.12. The SMILES string of the molecule is COC(=O)C(Cc1ccc2[nH]ncc2c1)NC(=O)OC(C)(C)C. The average molecular weight is 319 g/mol. The maximum Gasteiger partial charge on any atom is 0.408 e. The Morgan fingerprint density at radius 2 is 2.09 bits per heavy atom. The second kappa shape index (κ2) is 6.68. The largest absolute Gasteiger partial charge is 0.467 e. The molecule has 0 saturated heterocycles. The number of aromatic nitrogens is 2. The lowest BCUT2D eigenvalue weighted by Gasteiger charge is -2.22. The lowest BCUT2D eigenvalue weighted by atomic mass is 10.0. The molecule has 7 nitrogen and oxygen atoms in total. The number of hydrogen-bond donors (Lipinski definition) is 2. The zero-order chi connectivity index (χ0) is 17.0. The van der Waals surface area contributed by atoms with Crippen molar-refractivity contribution in [3.8, 4) is 0 Å². The summed E-state index contributed by atoms with van der Waals surface area (Å²) in [6, 6.07) is 4.83. The minimum Gasteiger partial charge on any atom is -0.467 e. The molecule has 0 saturated carbocycles. The highest BCUT2D eigenvalue weighted by Gasteiger charge is 2.25. The molecule has 1 aromatic heterocycles. The second-order valence-corrected chi connectivity index (χ2v) is 6.22. The summed E-state index contributed by atoms with van der Waals surface area (Å²) in [4.78, 5) is 23.8. The summed E-state index contributed by atoms with van der Waals surface area (Å²) in [7, 11) is 1.28. The first-order chi connectivity index (χ1) is 10.8. The molecule has 7 heteroatoms. The van der Waals surface area contributed by atoms with Gasteiger partial charge in [-0.1, -0.05) is 6.07 Å². The third kappa shape index (κ3) is 4.70. The van der Waals surface area contributed by atoms with Gasteiger partial charge in [-0.25, -0.2) is 9.59 Å². The van der Waals surface area contributed by atoms with Gasteiger partial charge in [0.05, 0.1) is 18.8 Å². The van der Waals surface area contributed by atoms with Crippen LogP contribution < -0.4 is 5.32 Å². The van der Waals surface area contributed by atoms with Gasteiger partial charge in [-0.15, -0.1) is 0 Å². The molecule has 0 bridgehead atoms. The van der Waals surface area contributed by atoms with Crippen LogP contribution in [0.5, 0.6) is 0 Å². The highest BCUT2D eigenvalue weighted by atomic mass is 16.6. The Morgan fingerprint density at radius 1 is 1.35 bits per heavy atom. The molecular weight excluding hydrogens is 298 g/mol. The Kier molecular flexibility index (Phi) is 4.88. The second-order valence-electron chi connectivity index (χ2n) is 6.22. The van der Waals surface area contributed by atoms with Crippen molar-refractivity contribution >= 4 is 23.0 Å². The molecule has 1 aromatic carbocycles. The number of hydrogen-bond acceptors (Lipinski definition) is 5. The van der Waals surface area contributed by atoms with E-state index in [0.717, 1.165) is 16.5 Å². The molecule has 1 unspecified atom stereocenters. The van der Waals surface area contributed by atoms with Crippen LogP contribution in [0, 0.1) is 0 Å². The molecule has 1 heterocycles. The Balaban J connectivity index is 2.11. The third-order valence-corrected chi connectivity index (χ3v) is 3.12. The number of rotatable bonds is 4. The average Bonchev–Trinajstić information content (AvgIpc) is 2.91. The van der Waals surface area contributed by atoms with Crippen molar-refractivity contribution in [1.29, 1.82) is 0 Å². The molecule has 0 aliphatic rings. The smallest absolute Gasteiger partial charge is 0.408 e. The van der Waals surface area contributed by atoms with E-state index in [1.807, 2.05) is 18.2 Å². The lowest BCUT2D eigenvalue weighted by Crippen LogP contribution is -2.45. The minimum absolute atomic E-state index is 0.299. The maximum atomic E-state index is 11.9. The maximum absolute atomic E-state index is 11.9. The van der Waals surface area contributed by atoms with Crippen LogP contribution in [-0.2, 0) is 20.7 Å². The van der Waals surface area contributed by atoms with Gasteiger partial charge < -0.3 is 14.8 Å². The van der Waals surface area contributed by atoms with Gasteiger partial charge in [-0.05, 0) is 38.5 Å². The fourth-order valence-corrected chi connectivity index (χ4v) is 2.14. The number of fused-ring (bicyclic) bond motifs is 1. The summed E-state index contributed by atoms with van der Waals surface area (Å²) in [5.74, 6) is -0.525. The molecule has 124 valence electrons. The van der Waals surface area contributed by atoms with Crippen molar-refractivity contribution in [3.63, 3.8) is 0 Å².